The van der Waals surface area contributed by atoms with E-state index in [0.717, 1.165) is 74.1 Å². The monoisotopic (exact) mass is 752 g/mol. The van der Waals surface area contributed by atoms with Gasteiger partial charge in [0, 0.05) is 23.5 Å². The van der Waals surface area contributed by atoms with Crippen LogP contribution >= 0.6 is 0 Å². The molecule has 1 aliphatic rings. The Bertz CT molecular complexity index is 1420. The lowest BCUT2D eigenvalue weighted by atomic mass is 10.0. The fourth-order valence-electron chi connectivity index (χ4n) is 7.28. The van der Waals surface area contributed by atoms with E-state index >= 15 is 0 Å². The van der Waals surface area contributed by atoms with Crippen LogP contribution in [0.2, 0.25) is 0 Å². The van der Waals surface area contributed by atoms with Gasteiger partial charge in [-0.25, -0.2) is 0 Å². The number of ketones is 1. The molecule has 1 heterocycles. The second-order valence-electron chi connectivity index (χ2n) is 15.8. The summed E-state index contributed by atoms with van der Waals surface area (Å²) < 4.78 is 17.6. The van der Waals surface area contributed by atoms with Crippen molar-refractivity contribution in [3.05, 3.63) is 91.0 Å². The molecule has 0 saturated carbocycles. The Balaban J connectivity index is 1.05. The Morgan fingerprint density at radius 2 is 0.909 bits per heavy atom. The topological polar surface area (TPSA) is 51.3 Å². The molecule has 0 spiro atoms. The van der Waals surface area contributed by atoms with Gasteiger partial charge >= 0.3 is 0 Å². The van der Waals surface area contributed by atoms with E-state index in [-0.39, 0.29) is 5.78 Å². The van der Waals surface area contributed by atoms with Crippen LogP contribution < -0.4 is 14.4 Å². The predicted molar refractivity (Wildman–Crippen MR) is 232 cm³/mol. The number of allylic oxidation sites excluding steroid dienone is 1. The smallest absolute Gasteiger partial charge is 0.157 e. The quantitative estimate of drug-likeness (QED) is 0.0345. The van der Waals surface area contributed by atoms with Crippen molar-refractivity contribution in [2.75, 3.05) is 24.7 Å². The van der Waals surface area contributed by atoms with Crippen LogP contribution in [-0.4, -0.2) is 31.7 Å². The van der Waals surface area contributed by atoms with Crippen LogP contribution in [0.3, 0.4) is 0 Å². The van der Waals surface area contributed by atoms with E-state index in [1.165, 1.54) is 122 Å². The molecule has 0 radical (unpaired) electrons. The number of para-hydroxylation sites is 1. The molecule has 1 aliphatic heterocycles. The minimum absolute atomic E-state index is 0.223. The van der Waals surface area contributed by atoms with E-state index in [0.29, 0.717) is 18.1 Å². The Morgan fingerprint density at radius 3 is 1.31 bits per heavy atom. The van der Waals surface area contributed by atoms with Gasteiger partial charge in [-0.2, -0.15) is 0 Å². The lowest BCUT2D eigenvalue weighted by molar-refractivity contribution is -0.115. The van der Waals surface area contributed by atoms with Crippen molar-refractivity contribution in [3.8, 4) is 11.5 Å². The van der Waals surface area contributed by atoms with Gasteiger partial charge in [0.2, 0.25) is 0 Å². The van der Waals surface area contributed by atoms with E-state index < -0.39 is 0 Å². The van der Waals surface area contributed by atoms with E-state index in [2.05, 4.69) is 90.3 Å². The first-order chi connectivity index (χ1) is 27.1. The summed E-state index contributed by atoms with van der Waals surface area (Å²) in [6.07, 6.45) is 30.8. The van der Waals surface area contributed by atoms with Gasteiger partial charge in [0.25, 0.3) is 0 Å². The normalized spacial score (nSPS) is 13.4. The minimum atomic E-state index is 0.223. The van der Waals surface area contributed by atoms with Gasteiger partial charge in [0.1, 0.15) is 11.5 Å². The summed E-state index contributed by atoms with van der Waals surface area (Å²) in [6.45, 7) is 8.09. The van der Waals surface area contributed by atoms with Gasteiger partial charge in [-0.3, -0.25) is 4.79 Å². The van der Waals surface area contributed by atoms with E-state index in [1.54, 1.807) is 0 Å². The van der Waals surface area contributed by atoms with Gasteiger partial charge in [-0.05, 0) is 98.8 Å². The van der Waals surface area contributed by atoms with Gasteiger partial charge in [-0.15, -0.1) is 0 Å². The third kappa shape index (κ3) is 19.7. The molecule has 302 valence electrons. The fourth-order valence-corrected chi connectivity index (χ4v) is 7.28. The standard InChI is InChI=1S/C50H73NO4/c1-43(2)50(52)31-25-18-14-10-6-4-8-12-16-20-27-41-54-48-38-34-46(35-39-48)51(44-28-22-21-23-29-44)45-32-36-47(37-33-45)53-40-26-19-15-11-7-3-5-9-13-17-24-30-49-42-55-49/h21-23,28-29,32-39,49H,1,3-20,24-27,30-31,40-42H2,2H3. The number of carbonyl (C=O) groups is 1. The lowest BCUT2D eigenvalue weighted by Gasteiger charge is -2.25. The van der Waals surface area contributed by atoms with Crippen LogP contribution in [0.1, 0.15) is 161 Å². The highest BCUT2D eigenvalue weighted by Crippen LogP contribution is 2.36. The van der Waals surface area contributed by atoms with Gasteiger partial charge in [0.15, 0.2) is 5.78 Å². The highest BCUT2D eigenvalue weighted by atomic mass is 16.6. The van der Waals surface area contributed by atoms with Gasteiger partial charge in [0.05, 0.1) is 25.9 Å². The van der Waals surface area contributed by atoms with Crippen LogP contribution in [0.5, 0.6) is 11.5 Å². The number of hydrogen-bond acceptors (Lipinski definition) is 5. The van der Waals surface area contributed by atoms with Crippen molar-refractivity contribution in [2.24, 2.45) is 0 Å². The number of benzene rings is 3. The molecule has 4 rings (SSSR count). The van der Waals surface area contributed by atoms with E-state index in [9.17, 15) is 4.79 Å². The average molecular weight is 752 g/mol. The zero-order valence-electron chi connectivity index (χ0n) is 34.5. The predicted octanol–water partition coefficient (Wildman–Crippen LogP) is 14.8. The molecular formula is C50H73NO4. The van der Waals surface area contributed by atoms with Crippen LogP contribution in [0.4, 0.5) is 17.1 Å². The molecule has 0 bridgehead atoms. The fraction of sp³-hybridized carbons (Fsp3) is 0.580. The maximum absolute atomic E-state index is 11.6. The number of anilines is 3. The Hall–Kier alpha value is -3.57. The van der Waals surface area contributed by atoms with Crippen LogP contribution in [0.15, 0.2) is 91.0 Å². The Morgan fingerprint density at radius 1 is 0.545 bits per heavy atom. The van der Waals surface area contributed by atoms with Crippen molar-refractivity contribution in [3.63, 3.8) is 0 Å². The van der Waals surface area contributed by atoms with Crippen LogP contribution in [0, 0.1) is 0 Å². The molecule has 5 nitrogen and oxygen atoms in total. The van der Waals surface area contributed by atoms with Gasteiger partial charge in [-0.1, -0.05) is 147 Å². The molecule has 1 unspecified atom stereocenters. The highest BCUT2D eigenvalue weighted by Gasteiger charge is 2.20. The number of ether oxygens (including phenoxy) is 3. The lowest BCUT2D eigenvalue weighted by Crippen LogP contribution is -2.10. The number of carbonyl (C=O) groups excluding carboxylic acids is 1. The second-order valence-corrected chi connectivity index (χ2v) is 15.8. The van der Waals surface area contributed by atoms with E-state index in [1.807, 2.05) is 6.92 Å². The molecule has 3 aromatic carbocycles. The molecule has 55 heavy (non-hydrogen) atoms. The molecule has 1 atom stereocenters. The highest BCUT2D eigenvalue weighted by molar-refractivity contribution is 5.94. The van der Waals surface area contributed by atoms with Crippen molar-refractivity contribution >= 4 is 22.8 Å². The summed E-state index contributed by atoms with van der Waals surface area (Å²) in [5.74, 6) is 2.08. The number of epoxide rings is 1. The summed E-state index contributed by atoms with van der Waals surface area (Å²) in [5.41, 5.74) is 4.02. The molecule has 0 aromatic heterocycles. The maximum Gasteiger partial charge on any atom is 0.157 e. The molecule has 1 saturated heterocycles. The zero-order valence-corrected chi connectivity index (χ0v) is 34.5. The molecule has 5 heteroatoms. The van der Waals surface area contributed by atoms with Crippen LogP contribution in [0.25, 0.3) is 0 Å². The summed E-state index contributed by atoms with van der Waals surface area (Å²) in [6, 6.07) is 27.6. The van der Waals surface area contributed by atoms with Crippen molar-refractivity contribution in [1.82, 2.24) is 0 Å². The maximum atomic E-state index is 11.6. The third-order valence-electron chi connectivity index (χ3n) is 10.8. The number of hydrogen-bond donors (Lipinski definition) is 0. The Kier molecular flexibility index (Phi) is 22.4. The molecule has 0 N–H and O–H groups in total. The summed E-state index contributed by atoms with van der Waals surface area (Å²) >= 11 is 0. The number of unbranched alkanes of at least 4 members (excludes halogenated alkanes) is 20. The molecule has 0 amide bonds. The minimum Gasteiger partial charge on any atom is -0.494 e. The molecule has 1 fully saturated rings. The first kappa shape index (κ1) is 44.1. The number of rotatable bonds is 34. The molecule has 0 aliphatic carbocycles. The van der Waals surface area contributed by atoms with Crippen molar-refractivity contribution in [1.29, 1.82) is 0 Å². The summed E-state index contributed by atoms with van der Waals surface area (Å²) in [5, 5.41) is 0. The van der Waals surface area contributed by atoms with Gasteiger partial charge < -0.3 is 19.1 Å². The first-order valence-corrected chi connectivity index (χ1v) is 22.2. The first-order valence-electron chi connectivity index (χ1n) is 22.2. The second kappa shape index (κ2) is 27.9. The average Bonchev–Trinajstić information content (AvgIpc) is 4.04. The zero-order chi connectivity index (χ0) is 38.6. The van der Waals surface area contributed by atoms with Crippen LogP contribution in [-0.2, 0) is 9.53 Å². The molecule has 3 aromatic rings. The number of Topliss-reactive ketones (excluding diaryl/α,β-unsaturated/α-hetero) is 1. The summed E-state index contributed by atoms with van der Waals surface area (Å²) in [4.78, 5) is 13.9. The van der Waals surface area contributed by atoms with Crippen molar-refractivity contribution < 1.29 is 19.0 Å². The Labute approximate surface area is 335 Å². The van der Waals surface area contributed by atoms with Crippen molar-refractivity contribution in [2.45, 2.75) is 167 Å². The SMILES string of the molecule is C=C(C)C(=O)CCCCCCCCCCCCCOc1ccc(N(c2ccccc2)c2ccc(OCCCCCCCCCCCCCC3CO3)cc2)cc1. The largest absolute Gasteiger partial charge is 0.494 e. The molecular weight excluding hydrogens is 679 g/mol. The number of nitrogens with zero attached hydrogens (tertiary/aromatic N) is 1. The summed E-state index contributed by atoms with van der Waals surface area (Å²) in [7, 11) is 0. The van der Waals surface area contributed by atoms with E-state index in [4.69, 9.17) is 14.2 Å². The third-order valence-corrected chi connectivity index (χ3v) is 10.8.